The third kappa shape index (κ3) is 3.92. The Morgan fingerprint density at radius 1 is 1.50 bits per heavy atom. The molecule has 2 heterocycles. The van der Waals surface area contributed by atoms with Crippen LogP contribution in [0.3, 0.4) is 0 Å². The SMILES string of the molecule is CN(C)C(=O)Oc1cnccc1/N=C/N1CCOCC1. The van der Waals surface area contributed by atoms with Gasteiger partial charge in [0.05, 0.1) is 25.7 Å². The summed E-state index contributed by atoms with van der Waals surface area (Å²) >= 11 is 0. The molecule has 0 spiro atoms. The third-order valence-electron chi connectivity index (χ3n) is 2.73. The highest BCUT2D eigenvalue weighted by atomic mass is 16.6. The van der Waals surface area contributed by atoms with Gasteiger partial charge in [0.15, 0.2) is 5.75 Å². The molecule has 0 atom stereocenters. The van der Waals surface area contributed by atoms with E-state index in [0.29, 0.717) is 24.7 Å². The minimum absolute atomic E-state index is 0.343. The zero-order valence-electron chi connectivity index (χ0n) is 11.7. The predicted octanol–water partition coefficient (Wildman–Crippen LogP) is 1.13. The molecule has 1 aliphatic rings. The lowest BCUT2D eigenvalue weighted by Crippen LogP contribution is -2.35. The zero-order chi connectivity index (χ0) is 14.4. The molecule has 7 nitrogen and oxygen atoms in total. The number of pyridine rings is 1. The van der Waals surface area contributed by atoms with Gasteiger partial charge >= 0.3 is 6.09 Å². The second kappa shape index (κ2) is 6.85. The van der Waals surface area contributed by atoms with Gasteiger partial charge in [-0.2, -0.15) is 0 Å². The first kappa shape index (κ1) is 14.3. The van der Waals surface area contributed by atoms with E-state index in [-0.39, 0.29) is 0 Å². The predicted molar refractivity (Wildman–Crippen MR) is 74.5 cm³/mol. The van der Waals surface area contributed by atoms with Gasteiger partial charge in [-0.05, 0) is 6.07 Å². The van der Waals surface area contributed by atoms with Gasteiger partial charge in [0.1, 0.15) is 5.69 Å². The van der Waals surface area contributed by atoms with E-state index in [4.69, 9.17) is 9.47 Å². The number of carbonyl (C=O) groups excluding carboxylic acids is 1. The molecule has 108 valence electrons. The largest absolute Gasteiger partial charge is 0.414 e. The molecule has 20 heavy (non-hydrogen) atoms. The van der Waals surface area contributed by atoms with Crippen LogP contribution < -0.4 is 4.74 Å². The molecule has 1 aliphatic heterocycles. The number of nitrogens with zero attached hydrogens (tertiary/aromatic N) is 4. The lowest BCUT2D eigenvalue weighted by Gasteiger charge is -2.24. The van der Waals surface area contributed by atoms with Crippen molar-refractivity contribution in [2.75, 3.05) is 40.4 Å². The van der Waals surface area contributed by atoms with Crippen molar-refractivity contribution in [2.24, 2.45) is 4.99 Å². The van der Waals surface area contributed by atoms with Crippen LogP contribution in [-0.4, -0.2) is 67.6 Å². The molecule has 0 unspecified atom stereocenters. The van der Waals surface area contributed by atoms with Crippen molar-refractivity contribution in [3.8, 4) is 5.75 Å². The van der Waals surface area contributed by atoms with Gasteiger partial charge in [0.25, 0.3) is 0 Å². The van der Waals surface area contributed by atoms with Crippen molar-refractivity contribution in [3.05, 3.63) is 18.5 Å². The van der Waals surface area contributed by atoms with E-state index in [9.17, 15) is 4.79 Å². The molecule has 1 aromatic rings. The average molecular weight is 278 g/mol. The smallest absolute Gasteiger partial charge is 0.406 e. The standard InChI is InChI=1S/C13H18N4O3/c1-16(2)13(18)20-12-9-14-4-3-11(12)15-10-17-5-7-19-8-6-17/h3-4,9-10H,5-8H2,1-2H3/b15-10+. The third-order valence-corrected chi connectivity index (χ3v) is 2.73. The van der Waals surface area contributed by atoms with Crippen molar-refractivity contribution >= 4 is 18.1 Å². The molecule has 0 N–H and O–H groups in total. The Kier molecular flexibility index (Phi) is 4.89. The fraction of sp³-hybridized carbons (Fsp3) is 0.462. The summed E-state index contributed by atoms with van der Waals surface area (Å²) in [4.78, 5) is 23.3. The minimum Gasteiger partial charge on any atom is -0.406 e. The Hall–Kier alpha value is -2.15. The monoisotopic (exact) mass is 278 g/mol. The maximum Gasteiger partial charge on any atom is 0.414 e. The van der Waals surface area contributed by atoms with Gasteiger partial charge in [-0.15, -0.1) is 0 Å². The van der Waals surface area contributed by atoms with Gasteiger partial charge in [-0.1, -0.05) is 0 Å². The lowest BCUT2D eigenvalue weighted by atomic mass is 10.4. The number of carbonyl (C=O) groups is 1. The highest BCUT2D eigenvalue weighted by Gasteiger charge is 2.11. The first-order valence-corrected chi connectivity index (χ1v) is 6.36. The molecule has 1 amide bonds. The summed E-state index contributed by atoms with van der Waals surface area (Å²) in [6.45, 7) is 3.01. The normalized spacial score (nSPS) is 15.4. The number of aliphatic imine (C=N–C) groups is 1. The van der Waals surface area contributed by atoms with Crippen molar-refractivity contribution in [1.82, 2.24) is 14.8 Å². The van der Waals surface area contributed by atoms with Crippen LogP contribution in [0, 0.1) is 0 Å². The summed E-state index contributed by atoms with van der Waals surface area (Å²) < 4.78 is 10.5. The van der Waals surface area contributed by atoms with Gasteiger partial charge in [0.2, 0.25) is 0 Å². The molecule has 0 aromatic carbocycles. The lowest BCUT2D eigenvalue weighted by molar-refractivity contribution is 0.0701. The molecule has 1 saturated heterocycles. The maximum atomic E-state index is 11.6. The first-order valence-electron chi connectivity index (χ1n) is 6.36. The maximum absolute atomic E-state index is 11.6. The molecule has 0 aliphatic carbocycles. The molecule has 0 bridgehead atoms. The summed E-state index contributed by atoms with van der Waals surface area (Å²) in [5.74, 6) is 0.343. The van der Waals surface area contributed by atoms with E-state index in [1.54, 1.807) is 32.7 Å². The molecule has 7 heteroatoms. The van der Waals surface area contributed by atoms with E-state index < -0.39 is 6.09 Å². The van der Waals surface area contributed by atoms with Gasteiger partial charge < -0.3 is 19.3 Å². The number of hydrogen-bond donors (Lipinski definition) is 0. The molecule has 1 fully saturated rings. The number of morpholine rings is 1. The van der Waals surface area contributed by atoms with E-state index in [1.807, 2.05) is 0 Å². The van der Waals surface area contributed by atoms with Gasteiger partial charge in [-0.3, -0.25) is 4.98 Å². The van der Waals surface area contributed by atoms with Crippen LogP contribution in [0.25, 0.3) is 0 Å². The van der Waals surface area contributed by atoms with Crippen LogP contribution in [0.15, 0.2) is 23.5 Å². The average Bonchev–Trinajstić information content (AvgIpc) is 2.47. The van der Waals surface area contributed by atoms with E-state index >= 15 is 0 Å². The number of ether oxygens (including phenoxy) is 2. The Labute approximate surface area is 117 Å². The summed E-state index contributed by atoms with van der Waals surface area (Å²) in [7, 11) is 3.24. The van der Waals surface area contributed by atoms with E-state index in [1.165, 1.54) is 11.1 Å². The number of amides is 1. The molecule has 1 aromatic heterocycles. The van der Waals surface area contributed by atoms with Crippen LogP contribution in [0.5, 0.6) is 5.75 Å². The Balaban J connectivity index is 2.07. The molecule has 2 rings (SSSR count). The summed E-state index contributed by atoms with van der Waals surface area (Å²) in [6, 6.07) is 1.70. The fourth-order valence-electron chi connectivity index (χ4n) is 1.58. The highest BCUT2D eigenvalue weighted by Crippen LogP contribution is 2.25. The molecule has 0 saturated carbocycles. The van der Waals surface area contributed by atoms with Crippen LogP contribution in [0.1, 0.15) is 0 Å². The Morgan fingerprint density at radius 3 is 2.95 bits per heavy atom. The van der Waals surface area contributed by atoms with Gasteiger partial charge in [-0.25, -0.2) is 9.79 Å². The summed E-state index contributed by atoms with van der Waals surface area (Å²) in [5, 5.41) is 0. The van der Waals surface area contributed by atoms with Crippen LogP contribution in [-0.2, 0) is 4.74 Å². The van der Waals surface area contributed by atoms with Crippen LogP contribution in [0.2, 0.25) is 0 Å². The molecular formula is C13H18N4O3. The van der Waals surface area contributed by atoms with E-state index in [2.05, 4.69) is 14.9 Å². The quantitative estimate of drug-likeness (QED) is 0.612. The number of rotatable bonds is 3. The zero-order valence-corrected chi connectivity index (χ0v) is 11.7. The first-order chi connectivity index (χ1) is 9.66. The van der Waals surface area contributed by atoms with Crippen LogP contribution in [0.4, 0.5) is 10.5 Å². The van der Waals surface area contributed by atoms with Crippen molar-refractivity contribution in [3.63, 3.8) is 0 Å². The number of aromatic nitrogens is 1. The summed E-state index contributed by atoms with van der Waals surface area (Å²) in [5.41, 5.74) is 0.571. The Morgan fingerprint density at radius 2 is 2.25 bits per heavy atom. The highest BCUT2D eigenvalue weighted by molar-refractivity contribution is 5.73. The second-order valence-electron chi connectivity index (χ2n) is 4.50. The summed E-state index contributed by atoms with van der Waals surface area (Å²) in [6.07, 6.45) is 4.37. The Bertz CT molecular complexity index is 484. The van der Waals surface area contributed by atoms with Crippen molar-refractivity contribution < 1.29 is 14.3 Å². The van der Waals surface area contributed by atoms with Crippen molar-refractivity contribution in [2.45, 2.75) is 0 Å². The van der Waals surface area contributed by atoms with Crippen LogP contribution >= 0.6 is 0 Å². The second-order valence-corrected chi connectivity index (χ2v) is 4.50. The fourth-order valence-corrected chi connectivity index (χ4v) is 1.58. The van der Waals surface area contributed by atoms with E-state index in [0.717, 1.165) is 13.1 Å². The topological polar surface area (TPSA) is 67.3 Å². The minimum atomic E-state index is -0.458. The van der Waals surface area contributed by atoms with Gasteiger partial charge in [0, 0.05) is 33.4 Å². The molecule has 0 radical (unpaired) electrons. The molecular weight excluding hydrogens is 260 g/mol. The number of hydrogen-bond acceptors (Lipinski definition) is 5. The van der Waals surface area contributed by atoms with Crippen molar-refractivity contribution in [1.29, 1.82) is 0 Å².